The number of rotatable bonds is 6. The van der Waals surface area contributed by atoms with Crippen molar-refractivity contribution in [2.75, 3.05) is 6.61 Å². The third-order valence-corrected chi connectivity index (χ3v) is 3.83. The van der Waals surface area contributed by atoms with Gasteiger partial charge in [-0.05, 0) is 18.9 Å². The van der Waals surface area contributed by atoms with E-state index < -0.39 is 5.97 Å². The predicted molar refractivity (Wildman–Crippen MR) is 78.1 cm³/mol. The number of nitrogens with one attached hydrogen (secondary N) is 1. The number of carboxylic acid groups (broad SMARTS) is 1. The first-order valence-electron chi connectivity index (χ1n) is 6.52. The van der Waals surface area contributed by atoms with Crippen LogP contribution in [0.25, 0.3) is 11.3 Å². The van der Waals surface area contributed by atoms with Gasteiger partial charge in [0, 0.05) is 23.7 Å². The summed E-state index contributed by atoms with van der Waals surface area (Å²) in [5.41, 5.74) is 1.72. The van der Waals surface area contributed by atoms with Crippen LogP contribution in [0.4, 0.5) is 0 Å². The van der Waals surface area contributed by atoms with Crippen LogP contribution in [0.5, 0.6) is 0 Å². The van der Waals surface area contributed by atoms with Gasteiger partial charge in [0.2, 0.25) is 0 Å². The molecule has 108 valence electrons. The molecule has 0 aliphatic rings. The molecule has 2 N–H and O–H groups in total. The van der Waals surface area contributed by atoms with Gasteiger partial charge in [0.25, 0.3) is 0 Å². The zero-order valence-corrected chi connectivity index (χ0v) is 12.5. The molecule has 0 bridgehead atoms. The van der Waals surface area contributed by atoms with Crippen molar-refractivity contribution in [2.24, 2.45) is 5.92 Å². The van der Waals surface area contributed by atoms with Crippen LogP contribution in [-0.4, -0.2) is 27.7 Å². The van der Waals surface area contributed by atoms with Crippen molar-refractivity contribution in [3.63, 3.8) is 0 Å². The lowest BCUT2D eigenvalue weighted by Crippen LogP contribution is -2.10. The van der Waals surface area contributed by atoms with Gasteiger partial charge in [0.05, 0.1) is 5.69 Å². The molecule has 6 heteroatoms. The number of aromatic amines is 1. The molecular formula is C14H18N2O3S. The normalized spacial score (nSPS) is 12.8. The second-order valence-electron chi connectivity index (χ2n) is 4.80. The van der Waals surface area contributed by atoms with Crippen LogP contribution in [0, 0.1) is 5.92 Å². The van der Waals surface area contributed by atoms with Crippen molar-refractivity contribution in [2.45, 2.75) is 26.9 Å². The molecule has 1 atom stereocenters. The van der Waals surface area contributed by atoms with E-state index in [9.17, 15) is 4.79 Å². The summed E-state index contributed by atoms with van der Waals surface area (Å²) in [6, 6.07) is 1.59. The standard InChI is InChI=1S/C14H18N2O3S/c1-4-19-12(8(2)3)13-16-11(7-20-13)9-5-10(14(17)18)15-6-9/h5-8,12,15H,4H2,1-3H3,(H,17,18). The van der Waals surface area contributed by atoms with Gasteiger partial charge in [-0.15, -0.1) is 11.3 Å². The molecule has 0 saturated heterocycles. The number of aromatic nitrogens is 2. The van der Waals surface area contributed by atoms with Gasteiger partial charge in [0.15, 0.2) is 0 Å². The number of carbonyl (C=O) groups is 1. The third-order valence-electron chi connectivity index (χ3n) is 2.93. The van der Waals surface area contributed by atoms with E-state index in [0.29, 0.717) is 12.5 Å². The molecule has 0 aliphatic heterocycles. The number of ether oxygens (including phenoxy) is 1. The van der Waals surface area contributed by atoms with Gasteiger partial charge in [-0.1, -0.05) is 13.8 Å². The maximum absolute atomic E-state index is 10.9. The van der Waals surface area contributed by atoms with Crippen LogP contribution in [0.1, 0.15) is 42.4 Å². The maximum Gasteiger partial charge on any atom is 0.352 e. The molecule has 0 aliphatic carbocycles. The van der Waals surface area contributed by atoms with Gasteiger partial charge < -0.3 is 14.8 Å². The Balaban J connectivity index is 2.24. The fraction of sp³-hybridized carbons (Fsp3) is 0.429. The molecule has 20 heavy (non-hydrogen) atoms. The number of thiazole rings is 1. The summed E-state index contributed by atoms with van der Waals surface area (Å²) in [6.45, 7) is 6.81. The average molecular weight is 294 g/mol. The molecule has 0 saturated carbocycles. The van der Waals surface area contributed by atoms with Gasteiger partial charge in [-0.25, -0.2) is 9.78 Å². The largest absolute Gasteiger partial charge is 0.477 e. The Morgan fingerprint density at radius 3 is 2.85 bits per heavy atom. The minimum absolute atomic E-state index is 0.0170. The lowest BCUT2D eigenvalue weighted by Gasteiger charge is -2.17. The van der Waals surface area contributed by atoms with Crippen LogP contribution in [0.3, 0.4) is 0 Å². The van der Waals surface area contributed by atoms with Gasteiger partial charge in [0.1, 0.15) is 16.8 Å². The van der Waals surface area contributed by atoms with Crippen molar-refractivity contribution in [1.82, 2.24) is 9.97 Å². The minimum Gasteiger partial charge on any atom is -0.477 e. The Morgan fingerprint density at radius 1 is 1.55 bits per heavy atom. The van der Waals surface area contributed by atoms with Crippen molar-refractivity contribution in [1.29, 1.82) is 0 Å². The molecule has 0 radical (unpaired) electrons. The summed E-state index contributed by atoms with van der Waals surface area (Å²) in [6.07, 6.45) is 1.64. The van der Waals surface area contributed by atoms with Gasteiger partial charge >= 0.3 is 5.97 Å². The predicted octanol–water partition coefficient (Wildman–Crippen LogP) is 3.57. The van der Waals surface area contributed by atoms with Crippen LogP contribution in [0.15, 0.2) is 17.6 Å². The highest BCUT2D eigenvalue weighted by Crippen LogP contribution is 2.31. The zero-order chi connectivity index (χ0) is 14.7. The Bertz CT molecular complexity index is 589. The lowest BCUT2D eigenvalue weighted by atomic mass is 10.1. The number of aromatic carboxylic acids is 1. The molecule has 0 fully saturated rings. The maximum atomic E-state index is 10.9. The van der Waals surface area contributed by atoms with E-state index in [1.54, 1.807) is 23.6 Å². The van der Waals surface area contributed by atoms with E-state index in [2.05, 4.69) is 23.8 Å². The second-order valence-corrected chi connectivity index (χ2v) is 5.69. The van der Waals surface area contributed by atoms with Crippen molar-refractivity contribution in [3.8, 4) is 11.3 Å². The summed E-state index contributed by atoms with van der Waals surface area (Å²) >= 11 is 1.54. The van der Waals surface area contributed by atoms with E-state index >= 15 is 0 Å². The van der Waals surface area contributed by atoms with E-state index in [4.69, 9.17) is 9.84 Å². The van der Waals surface area contributed by atoms with Crippen molar-refractivity contribution < 1.29 is 14.6 Å². The summed E-state index contributed by atoms with van der Waals surface area (Å²) < 4.78 is 5.73. The Morgan fingerprint density at radius 2 is 2.30 bits per heavy atom. The molecule has 2 rings (SSSR count). The number of hydrogen-bond donors (Lipinski definition) is 2. The first-order chi connectivity index (χ1) is 9.52. The SMILES string of the molecule is CCOC(c1nc(-c2c[nH]c(C(=O)O)c2)cs1)C(C)C. The number of carboxylic acids is 1. The van der Waals surface area contributed by atoms with Gasteiger partial charge in [-0.2, -0.15) is 0 Å². The molecule has 5 nitrogen and oxygen atoms in total. The molecule has 2 aromatic heterocycles. The van der Waals surface area contributed by atoms with E-state index in [-0.39, 0.29) is 11.8 Å². The highest BCUT2D eigenvalue weighted by molar-refractivity contribution is 7.10. The monoisotopic (exact) mass is 294 g/mol. The van der Waals surface area contributed by atoms with Crippen molar-refractivity contribution >= 4 is 17.3 Å². The zero-order valence-electron chi connectivity index (χ0n) is 11.7. The first kappa shape index (κ1) is 14.7. The number of hydrogen-bond acceptors (Lipinski definition) is 4. The lowest BCUT2D eigenvalue weighted by molar-refractivity contribution is 0.0293. The summed E-state index contributed by atoms with van der Waals surface area (Å²) in [7, 11) is 0. The summed E-state index contributed by atoms with van der Waals surface area (Å²) in [4.78, 5) is 18.2. The van der Waals surface area contributed by atoms with Crippen LogP contribution in [-0.2, 0) is 4.74 Å². The fourth-order valence-electron chi connectivity index (χ4n) is 1.95. The van der Waals surface area contributed by atoms with Gasteiger partial charge in [-0.3, -0.25) is 0 Å². The molecule has 0 aromatic carbocycles. The van der Waals surface area contributed by atoms with Crippen LogP contribution in [0.2, 0.25) is 0 Å². The number of nitrogens with zero attached hydrogens (tertiary/aromatic N) is 1. The van der Waals surface area contributed by atoms with E-state index in [1.165, 1.54) is 0 Å². The van der Waals surface area contributed by atoms with E-state index in [1.807, 2.05) is 12.3 Å². The van der Waals surface area contributed by atoms with Crippen molar-refractivity contribution in [3.05, 3.63) is 28.3 Å². The van der Waals surface area contributed by atoms with Crippen LogP contribution < -0.4 is 0 Å². The quantitative estimate of drug-likeness (QED) is 0.854. The molecule has 1 unspecified atom stereocenters. The molecule has 0 amide bonds. The Labute approximate surface area is 121 Å². The Kier molecular flexibility index (Phi) is 4.57. The first-order valence-corrected chi connectivity index (χ1v) is 7.40. The molecule has 2 aromatic rings. The fourth-order valence-corrected chi connectivity index (χ4v) is 2.99. The highest BCUT2D eigenvalue weighted by atomic mass is 32.1. The third kappa shape index (κ3) is 3.08. The number of H-pyrrole nitrogens is 1. The topological polar surface area (TPSA) is 75.2 Å². The Hall–Kier alpha value is -1.66. The van der Waals surface area contributed by atoms with Crippen LogP contribution >= 0.6 is 11.3 Å². The molecule has 2 heterocycles. The summed E-state index contributed by atoms with van der Waals surface area (Å²) in [5, 5.41) is 11.8. The molecular weight excluding hydrogens is 276 g/mol. The smallest absolute Gasteiger partial charge is 0.352 e. The summed E-state index contributed by atoms with van der Waals surface area (Å²) in [5.74, 6) is -0.629. The highest BCUT2D eigenvalue weighted by Gasteiger charge is 2.20. The second kappa shape index (κ2) is 6.19. The van der Waals surface area contributed by atoms with E-state index in [0.717, 1.165) is 16.3 Å². The average Bonchev–Trinajstić information content (AvgIpc) is 3.03. The molecule has 0 spiro atoms. The minimum atomic E-state index is -0.971.